The zero-order valence-corrected chi connectivity index (χ0v) is 27.3. The summed E-state index contributed by atoms with van der Waals surface area (Å²) in [5, 5.41) is 2.80. The Balaban J connectivity index is 0.00000882. The molecule has 1 aliphatic rings. The summed E-state index contributed by atoms with van der Waals surface area (Å²) in [6.07, 6.45) is 23.9. The first-order valence-corrected chi connectivity index (χ1v) is 16.7. The fourth-order valence-electron chi connectivity index (χ4n) is 5.37. The van der Waals surface area contributed by atoms with E-state index in [0.717, 1.165) is 31.7 Å². The number of carbonyl (C=O) groups is 2. The fourth-order valence-corrected chi connectivity index (χ4v) is 5.37. The van der Waals surface area contributed by atoms with Crippen molar-refractivity contribution < 1.29 is 40.8 Å². The Kier molecular flexibility index (Phi) is 23.5. The lowest BCUT2D eigenvalue weighted by Crippen LogP contribution is -3.00. The lowest BCUT2D eigenvalue weighted by atomic mass is 10.0. The average Bonchev–Trinajstić information content (AvgIpc) is 3.44. The first-order valence-electron chi connectivity index (χ1n) is 16.7. The Hall–Kier alpha value is -1.70. The number of rotatable bonds is 25. The Labute approximate surface area is 262 Å². The lowest BCUT2D eigenvalue weighted by molar-refractivity contribution is -0.701. The van der Waals surface area contributed by atoms with Crippen LogP contribution in [0.15, 0.2) is 24.4 Å². The highest BCUT2D eigenvalue weighted by Crippen LogP contribution is 2.21. The predicted molar refractivity (Wildman–Crippen MR) is 163 cm³/mol. The quantitative estimate of drug-likeness (QED) is 0.0778. The van der Waals surface area contributed by atoms with Crippen LogP contribution in [0.3, 0.4) is 0 Å². The predicted octanol–water partition coefficient (Wildman–Crippen LogP) is 4.19. The number of aromatic nitrogens is 1. The maximum Gasteiger partial charge on any atom is 0.315 e. The third-order valence-electron chi connectivity index (χ3n) is 7.97. The van der Waals surface area contributed by atoms with Crippen LogP contribution in [0.25, 0.3) is 0 Å². The van der Waals surface area contributed by atoms with Gasteiger partial charge in [0.05, 0.1) is 13.2 Å². The molecule has 42 heavy (non-hydrogen) atoms. The van der Waals surface area contributed by atoms with E-state index in [2.05, 4.69) is 16.8 Å². The van der Waals surface area contributed by atoms with Gasteiger partial charge in [0.1, 0.15) is 19.5 Å². The zero-order valence-electron chi connectivity index (χ0n) is 26.6. The maximum absolute atomic E-state index is 12.1. The number of ether oxygens (including phenoxy) is 3. The SMILES string of the molecule is CCCCCCCCCCCCCCCCCCOC1CC(COC(=O)CC(=O)NCc2cccc[n+]2CC)CO1.[Cl-]. The molecule has 1 saturated heterocycles. The Bertz CT molecular complexity index is 825. The molecule has 2 atom stereocenters. The highest BCUT2D eigenvalue weighted by atomic mass is 35.5. The van der Waals surface area contributed by atoms with Gasteiger partial charge in [-0.25, -0.2) is 4.57 Å². The molecule has 1 N–H and O–H groups in total. The van der Waals surface area contributed by atoms with Crippen molar-refractivity contribution in [3.8, 4) is 0 Å². The number of halogens is 1. The van der Waals surface area contributed by atoms with E-state index in [4.69, 9.17) is 14.2 Å². The van der Waals surface area contributed by atoms with Gasteiger partial charge in [-0.3, -0.25) is 9.59 Å². The van der Waals surface area contributed by atoms with Crippen molar-refractivity contribution in [2.24, 2.45) is 5.92 Å². The monoisotopic (exact) mass is 610 g/mol. The van der Waals surface area contributed by atoms with Gasteiger partial charge >= 0.3 is 5.97 Å². The molecule has 2 heterocycles. The van der Waals surface area contributed by atoms with E-state index in [1.165, 1.54) is 96.3 Å². The van der Waals surface area contributed by atoms with Gasteiger partial charge in [0.15, 0.2) is 12.5 Å². The molecule has 1 aromatic rings. The summed E-state index contributed by atoms with van der Waals surface area (Å²) in [6.45, 7) is 7.04. The van der Waals surface area contributed by atoms with Crippen molar-refractivity contribution in [1.82, 2.24) is 5.32 Å². The molecule has 0 saturated carbocycles. The molecule has 0 aromatic carbocycles. The van der Waals surface area contributed by atoms with Crippen LogP contribution in [0.4, 0.5) is 0 Å². The number of carbonyl (C=O) groups excluding carboxylic acids is 2. The maximum atomic E-state index is 12.1. The van der Waals surface area contributed by atoms with E-state index >= 15 is 0 Å². The minimum atomic E-state index is -0.503. The Morgan fingerprint density at radius 2 is 1.48 bits per heavy atom. The number of aryl methyl sites for hydroxylation is 1. The van der Waals surface area contributed by atoms with Crippen LogP contribution in [-0.4, -0.2) is 38.0 Å². The smallest absolute Gasteiger partial charge is 0.315 e. The number of esters is 1. The van der Waals surface area contributed by atoms with Gasteiger partial charge in [-0.2, -0.15) is 0 Å². The molecule has 1 amide bonds. The van der Waals surface area contributed by atoms with Crippen LogP contribution in [0.1, 0.15) is 135 Å². The molecule has 8 heteroatoms. The zero-order chi connectivity index (χ0) is 29.4. The Morgan fingerprint density at radius 1 is 0.881 bits per heavy atom. The number of nitrogens with zero attached hydrogens (tertiary/aromatic N) is 1. The van der Waals surface area contributed by atoms with Crippen molar-refractivity contribution in [2.45, 2.75) is 149 Å². The number of amides is 1. The molecule has 0 aliphatic carbocycles. The van der Waals surface area contributed by atoms with Gasteiger partial charge in [0.25, 0.3) is 0 Å². The van der Waals surface area contributed by atoms with Gasteiger partial charge < -0.3 is 31.9 Å². The first-order chi connectivity index (χ1) is 20.1. The van der Waals surface area contributed by atoms with E-state index in [1.807, 2.05) is 31.3 Å². The van der Waals surface area contributed by atoms with Crippen molar-refractivity contribution in [1.29, 1.82) is 0 Å². The second-order valence-corrected chi connectivity index (χ2v) is 11.7. The van der Waals surface area contributed by atoms with Crippen LogP contribution in [0.2, 0.25) is 0 Å². The normalized spacial score (nSPS) is 16.2. The van der Waals surface area contributed by atoms with Crippen molar-refractivity contribution in [3.63, 3.8) is 0 Å². The van der Waals surface area contributed by atoms with Crippen LogP contribution in [-0.2, 0) is 36.9 Å². The number of nitrogens with one attached hydrogen (secondary N) is 1. The summed E-state index contributed by atoms with van der Waals surface area (Å²) in [7, 11) is 0. The first kappa shape index (κ1) is 38.3. The molecular weight excluding hydrogens is 552 g/mol. The van der Waals surface area contributed by atoms with E-state index in [0.29, 0.717) is 13.2 Å². The second-order valence-electron chi connectivity index (χ2n) is 11.7. The molecule has 2 unspecified atom stereocenters. The molecule has 2 rings (SSSR count). The van der Waals surface area contributed by atoms with Crippen LogP contribution < -0.4 is 22.3 Å². The van der Waals surface area contributed by atoms with E-state index in [-0.39, 0.29) is 43.5 Å². The summed E-state index contributed by atoms with van der Waals surface area (Å²) in [6, 6.07) is 5.85. The molecule has 242 valence electrons. The van der Waals surface area contributed by atoms with E-state index in [9.17, 15) is 9.59 Å². The van der Waals surface area contributed by atoms with Crippen LogP contribution in [0.5, 0.6) is 0 Å². The summed E-state index contributed by atoms with van der Waals surface area (Å²) < 4.78 is 19.0. The summed E-state index contributed by atoms with van der Waals surface area (Å²) >= 11 is 0. The number of pyridine rings is 1. The highest BCUT2D eigenvalue weighted by molar-refractivity contribution is 5.94. The number of hydrogen-bond acceptors (Lipinski definition) is 5. The number of hydrogen-bond donors (Lipinski definition) is 1. The van der Waals surface area contributed by atoms with Gasteiger partial charge in [-0.05, 0) is 13.3 Å². The van der Waals surface area contributed by atoms with Gasteiger partial charge in [-0.15, -0.1) is 0 Å². The molecule has 1 aromatic heterocycles. The third kappa shape index (κ3) is 18.8. The summed E-state index contributed by atoms with van der Waals surface area (Å²) in [4.78, 5) is 24.3. The Morgan fingerprint density at radius 3 is 2.07 bits per heavy atom. The second kappa shape index (κ2) is 25.8. The van der Waals surface area contributed by atoms with Crippen LogP contribution >= 0.6 is 0 Å². The van der Waals surface area contributed by atoms with Crippen molar-refractivity contribution in [3.05, 3.63) is 30.1 Å². The average molecular weight is 611 g/mol. The van der Waals surface area contributed by atoms with Crippen LogP contribution in [0, 0.1) is 5.92 Å². The van der Waals surface area contributed by atoms with Crippen molar-refractivity contribution >= 4 is 11.9 Å². The highest BCUT2D eigenvalue weighted by Gasteiger charge is 2.27. The summed E-state index contributed by atoms with van der Waals surface area (Å²) in [5.74, 6) is -0.716. The molecule has 1 aliphatic heterocycles. The van der Waals surface area contributed by atoms with Gasteiger partial charge in [-0.1, -0.05) is 109 Å². The molecule has 0 bridgehead atoms. The lowest BCUT2D eigenvalue weighted by Gasteiger charge is -2.11. The molecular formula is C34H59ClN2O5. The summed E-state index contributed by atoms with van der Waals surface area (Å²) in [5.41, 5.74) is 0.991. The van der Waals surface area contributed by atoms with Gasteiger partial charge in [0.2, 0.25) is 11.6 Å². The molecule has 1 fully saturated rings. The molecule has 7 nitrogen and oxygen atoms in total. The van der Waals surface area contributed by atoms with Gasteiger partial charge in [0, 0.05) is 31.1 Å². The number of unbranched alkanes of at least 4 members (excludes halogenated alkanes) is 15. The van der Waals surface area contributed by atoms with E-state index < -0.39 is 5.97 Å². The van der Waals surface area contributed by atoms with E-state index in [1.54, 1.807) is 0 Å². The topological polar surface area (TPSA) is 77.7 Å². The minimum absolute atomic E-state index is 0. The minimum Gasteiger partial charge on any atom is -1.00 e. The standard InChI is InChI=1S/C34H58N2O5.ClH/c1-3-5-6-7-8-9-10-11-12-13-14-15-16-17-18-21-24-39-34-25-30(29-41-34)28-40-33(38)26-32(37)35-27-31-22-19-20-23-36(31)4-2;/h19-20,22-23,30,34H,3-18,21,24-29H2,1-2H3;1H. The fraction of sp³-hybridized carbons (Fsp3) is 0.794. The van der Waals surface area contributed by atoms with Crippen molar-refractivity contribution in [2.75, 3.05) is 19.8 Å². The molecule has 0 radical (unpaired) electrons. The third-order valence-corrected chi connectivity index (χ3v) is 7.97. The molecule has 0 spiro atoms. The largest absolute Gasteiger partial charge is 1.00 e.